The van der Waals surface area contributed by atoms with Gasteiger partial charge < -0.3 is 5.11 Å². The van der Waals surface area contributed by atoms with Crippen LogP contribution in [0.5, 0.6) is 0 Å². The third-order valence-corrected chi connectivity index (χ3v) is 2.40. The van der Waals surface area contributed by atoms with E-state index in [0.717, 1.165) is 19.4 Å². The average Bonchev–Trinajstić information content (AvgIpc) is 2.36. The highest BCUT2D eigenvalue weighted by Gasteiger charge is 2.26. The van der Waals surface area contributed by atoms with Gasteiger partial charge in [0.05, 0.1) is 0 Å². The summed E-state index contributed by atoms with van der Waals surface area (Å²) in [6.07, 6.45) is -1.99. The standard InChI is InChI=1S/C8H15F2NO/c1-6-3-2-4-11(6)5-7(12)8(9)10/h6-8,12H,2-5H2,1H3. The van der Waals surface area contributed by atoms with Gasteiger partial charge in [0.15, 0.2) is 0 Å². The number of nitrogens with zero attached hydrogens (tertiary/aromatic N) is 1. The maximum Gasteiger partial charge on any atom is 0.265 e. The molecule has 72 valence electrons. The third-order valence-electron chi connectivity index (χ3n) is 2.40. The molecule has 0 aromatic rings. The second kappa shape index (κ2) is 4.14. The van der Waals surface area contributed by atoms with E-state index in [1.165, 1.54) is 0 Å². The Kier molecular flexibility index (Phi) is 3.40. The molecule has 0 aromatic carbocycles. The molecule has 12 heavy (non-hydrogen) atoms. The number of aliphatic hydroxyl groups excluding tert-OH is 1. The molecule has 1 rings (SSSR count). The summed E-state index contributed by atoms with van der Waals surface area (Å²) in [4.78, 5) is 1.91. The molecular weight excluding hydrogens is 164 g/mol. The number of β-amino-alcohol motifs (C(OH)–C–C–N with tert-alkyl or cyclic N) is 1. The first kappa shape index (κ1) is 9.86. The van der Waals surface area contributed by atoms with Gasteiger partial charge in [0, 0.05) is 12.6 Å². The topological polar surface area (TPSA) is 23.5 Å². The molecule has 0 bridgehead atoms. The summed E-state index contributed by atoms with van der Waals surface area (Å²) in [5.41, 5.74) is 0. The van der Waals surface area contributed by atoms with E-state index < -0.39 is 12.5 Å². The van der Waals surface area contributed by atoms with E-state index >= 15 is 0 Å². The molecule has 0 spiro atoms. The molecule has 1 aliphatic rings. The van der Waals surface area contributed by atoms with Crippen molar-refractivity contribution in [1.82, 2.24) is 4.90 Å². The van der Waals surface area contributed by atoms with Crippen LogP contribution in [0.1, 0.15) is 19.8 Å². The number of alkyl halides is 2. The van der Waals surface area contributed by atoms with Crippen molar-refractivity contribution in [3.05, 3.63) is 0 Å². The Labute approximate surface area is 71.2 Å². The minimum Gasteiger partial charge on any atom is -0.386 e. The third kappa shape index (κ3) is 2.38. The van der Waals surface area contributed by atoms with E-state index in [9.17, 15) is 8.78 Å². The fraction of sp³-hybridized carbons (Fsp3) is 1.00. The van der Waals surface area contributed by atoms with Crippen LogP contribution in [-0.2, 0) is 0 Å². The van der Waals surface area contributed by atoms with Gasteiger partial charge in [0.2, 0.25) is 0 Å². The van der Waals surface area contributed by atoms with Gasteiger partial charge in [-0.3, -0.25) is 4.90 Å². The van der Waals surface area contributed by atoms with E-state index in [1.54, 1.807) is 0 Å². The Bertz CT molecular complexity index is 143. The molecule has 1 fully saturated rings. The molecule has 1 N–H and O–H groups in total. The fourth-order valence-electron chi connectivity index (χ4n) is 1.58. The first-order chi connectivity index (χ1) is 5.61. The van der Waals surface area contributed by atoms with Crippen LogP contribution in [0.4, 0.5) is 8.78 Å². The van der Waals surface area contributed by atoms with Gasteiger partial charge in [-0.1, -0.05) is 0 Å². The van der Waals surface area contributed by atoms with Crippen molar-refractivity contribution in [3.63, 3.8) is 0 Å². The maximum absolute atomic E-state index is 11.9. The van der Waals surface area contributed by atoms with E-state index in [4.69, 9.17) is 5.11 Å². The van der Waals surface area contributed by atoms with Crippen LogP contribution in [0.2, 0.25) is 0 Å². The van der Waals surface area contributed by atoms with Gasteiger partial charge in [-0.15, -0.1) is 0 Å². The van der Waals surface area contributed by atoms with Crippen molar-refractivity contribution in [2.75, 3.05) is 13.1 Å². The van der Waals surface area contributed by atoms with Crippen molar-refractivity contribution in [2.24, 2.45) is 0 Å². The normalized spacial score (nSPS) is 28.2. The second-order valence-corrected chi connectivity index (χ2v) is 3.39. The first-order valence-electron chi connectivity index (χ1n) is 4.31. The highest BCUT2D eigenvalue weighted by molar-refractivity contribution is 4.77. The van der Waals surface area contributed by atoms with Gasteiger partial charge in [-0.25, -0.2) is 8.78 Å². The molecular formula is C8H15F2NO. The lowest BCUT2D eigenvalue weighted by Crippen LogP contribution is -2.37. The summed E-state index contributed by atoms with van der Waals surface area (Å²) in [5.74, 6) is 0. The van der Waals surface area contributed by atoms with Crippen molar-refractivity contribution < 1.29 is 13.9 Å². The molecule has 2 atom stereocenters. The smallest absolute Gasteiger partial charge is 0.265 e. The number of hydrogen-bond donors (Lipinski definition) is 1. The summed E-state index contributed by atoms with van der Waals surface area (Å²) in [6.45, 7) is 2.95. The molecule has 0 radical (unpaired) electrons. The van der Waals surface area contributed by atoms with Crippen LogP contribution in [-0.4, -0.2) is 41.7 Å². The molecule has 0 aliphatic carbocycles. The van der Waals surface area contributed by atoms with E-state index in [1.807, 2.05) is 11.8 Å². The number of halogens is 2. The lowest BCUT2D eigenvalue weighted by Gasteiger charge is -2.23. The molecule has 2 unspecified atom stereocenters. The first-order valence-corrected chi connectivity index (χ1v) is 4.31. The SMILES string of the molecule is CC1CCCN1CC(O)C(F)F. The van der Waals surface area contributed by atoms with Crippen LogP contribution in [0, 0.1) is 0 Å². The van der Waals surface area contributed by atoms with Crippen LogP contribution in [0.25, 0.3) is 0 Å². The Hall–Kier alpha value is -0.220. The van der Waals surface area contributed by atoms with Crippen LogP contribution >= 0.6 is 0 Å². The van der Waals surface area contributed by atoms with Gasteiger partial charge >= 0.3 is 0 Å². The number of aliphatic hydroxyl groups is 1. The van der Waals surface area contributed by atoms with Crippen molar-refractivity contribution in [1.29, 1.82) is 0 Å². The summed E-state index contributed by atoms with van der Waals surface area (Å²) >= 11 is 0. The van der Waals surface area contributed by atoms with Crippen LogP contribution in [0.3, 0.4) is 0 Å². The molecule has 0 saturated carbocycles. The van der Waals surface area contributed by atoms with Gasteiger partial charge in [0.25, 0.3) is 6.43 Å². The average molecular weight is 179 g/mol. The van der Waals surface area contributed by atoms with Crippen molar-refractivity contribution in [3.8, 4) is 0 Å². The van der Waals surface area contributed by atoms with Crippen LogP contribution < -0.4 is 0 Å². The zero-order valence-electron chi connectivity index (χ0n) is 7.21. The second-order valence-electron chi connectivity index (χ2n) is 3.39. The molecule has 0 amide bonds. The van der Waals surface area contributed by atoms with E-state index in [-0.39, 0.29) is 6.54 Å². The largest absolute Gasteiger partial charge is 0.386 e. The van der Waals surface area contributed by atoms with E-state index in [2.05, 4.69) is 0 Å². The minimum absolute atomic E-state index is 0.110. The summed E-state index contributed by atoms with van der Waals surface area (Å²) < 4.78 is 23.9. The zero-order valence-corrected chi connectivity index (χ0v) is 7.21. The lowest BCUT2D eigenvalue weighted by atomic mass is 10.2. The Morgan fingerprint density at radius 2 is 2.25 bits per heavy atom. The van der Waals surface area contributed by atoms with Crippen molar-refractivity contribution >= 4 is 0 Å². The number of hydrogen-bond acceptors (Lipinski definition) is 2. The molecule has 1 saturated heterocycles. The highest BCUT2D eigenvalue weighted by atomic mass is 19.3. The molecule has 4 heteroatoms. The Morgan fingerprint density at radius 3 is 2.67 bits per heavy atom. The molecule has 2 nitrogen and oxygen atoms in total. The summed E-state index contributed by atoms with van der Waals surface area (Å²) in [7, 11) is 0. The molecule has 0 aromatic heterocycles. The Balaban J connectivity index is 2.30. The number of likely N-dealkylation sites (tertiary alicyclic amines) is 1. The van der Waals surface area contributed by atoms with Gasteiger partial charge in [-0.2, -0.15) is 0 Å². The highest BCUT2D eigenvalue weighted by Crippen LogP contribution is 2.17. The summed E-state index contributed by atoms with van der Waals surface area (Å²) in [6, 6.07) is 0.346. The predicted octanol–water partition coefficient (Wildman–Crippen LogP) is 1.10. The van der Waals surface area contributed by atoms with Crippen LogP contribution in [0.15, 0.2) is 0 Å². The van der Waals surface area contributed by atoms with Gasteiger partial charge in [-0.05, 0) is 26.3 Å². The molecule has 1 heterocycles. The van der Waals surface area contributed by atoms with E-state index in [0.29, 0.717) is 6.04 Å². The quantitative estimate of drug-likeness (QED) is 0.701. The molecule has 1 aliphatic heterocycles. The zero-order chi connectivity index (χ0) is 9.14. The van der Waals surface area contributed by atoms with Gasteiger partial charge in [0.1, 0.15) is 6.10 Å². The fourth-order valence-corrected chi connectivity index (χ4v) is 1.58. The lowest BCUT2D eigenvalue weighted by molar-refractivity contribution is -0.0242. The maximum atomic E-state index is 11.9. The Morgan fingerprint density at radius 1 is 1.58 bits per heavy atom. The van der Waals surface area contributed by atoms with Crippen molar-refractivity contribution in [2.45, 2.75) is 38.3 Å². The number of rotatable bonds is 3. The monoisotopic (exact) mass is 179 g/mol. The summed E-state index contributed by atoms with van der Waals surface area (Å²) in [5, 5.41) is 8.91. The minimum atomic E-state index is -2.61. The predicted molar refractivity (Wildman–Crippen MR) is 42.3 cm³/mol.